The van der Waals surface area contributed by atoms with Gasteiger partial charge < -0.3 is 9.84 Å². The monoisotopic (exact) mass is 454 g/mol. The van der Waals surface area contributed by atoms with Crippen LogP contribution in [0.3, 0.4) is 0 Å². The minimum absolute atomic E-state index is 0.0100. The second-order valence-corrected chi connectivity index (χ2v) is 8.64. The van der Waals surface area contributed by atoms with Crippen LogP contribution in [0, 0.1) is 6.92 Å². The lowest BCUT2D eigenvalue weighted by Crippen LogP contribution is -2.29. The number of carbonyl (C=O) groups excluding carboxylic acids is 3. The van der Waals surface area contributed by atoms with Crippen LogP contribution < -0.4 is 4.90 Å². The van der Waals surface area contributed by atoms with Crippen LogP contribution in [0.2, 0.25) is 0 Å². The molecule has 0 radical (unpaired) electrons. The first kappa shape index (κ1) is 21.0. The predicted molar refractivity (Wildman–Crippen MR) is 118 cm³/mol. The summed E-state index contributed by atoms with van der Waals surface area (Å²) < 4.78 is 5.06. The molecule has 1 saturated heterocycles. The molecule has 4 rings (SSSR count). The molecule has 1 aliphatic rings. The molecule has 9 heteroatoms. The van der Waals surface area contributed by atoms with Gasteiger partial charge in [0.25, 0.3) is 5.78 Å². The number of benzene rings is 1. The number of ether oxygens (including phenoxy) is 1. The fraction of sp³-hybridized carbons (Fsp3) is 0.182. The lowest BCUT2D eigenvalue weighted by Gasteiger charge is -2.21. The number of carbonyl (C=O) groups is 3. The molecule has 0 spiro atoms. The number of aryl methyl sites for hydroxylation is 1. The van der Waals surface area contributed by atoms with Crippen LogP contribution in [0.5, 0.6) is 0 Å². The maximum absolute atomic E-state index is 13.1. The molecule has 0 aliphatic carbocycles. The van der Waals surface area contributed by atoms with Crippen LogP contribution in [0.1, 0.15) is 38.8 Å². The number of thiazole rings is 1. The van der Waals surface area contributed by atoms with Gasteiger partial charge in [-0.05, 0) is 25.3 Å². The van der Waals surface area contributed by atoms with Crippen molar-refractivity contribution in [1.82, 2.24) is 4.98 Å². The molecular formula is C22H18N2O5S2. The summed E-state index contributed by atoms with van der Waals surface area (Å²) >= 11 is 2.35. The number of anilines is 1. The van der Waals surface area contributed by atoms with Crippen LogP contribution in [0.15, 0.2) is 53.4 Å². The number of amides is 1. The summed E-state index contributed by atoms with van der Waals surface area (Å²) in [6.07, 6.45) is 0. The van der Waals surface area contributed by atoms with Gasteiger partial charge in [-0.1, -0.05) is 47.7 Å². The molecule has 1 aromatic carbocycles. The van der Waals surface area contributed by atoms with Gasteiger partial charge in [-0.25, -0.2) is 9.78 Å². The summed E-state index contributed by atoms with van der Waals surface area (Å²) in [5.41, 5.74) is 0.835. The highest BCUT2D eigenvalue weighted by Crippen LogP contribution is 2.45. The highest BCUT2D eigenvalue weighted by molar-refractivity contribution is 7.18. The molecular weight excluding hydrogens is 436 g/mol. The Labute approximate surface area is 186 Å². The van der Waals surface area contributed by atoms with Crippen molar-refractivity contribution >= 4 is 51.2 Å². The van der Waals surface area contributed by atoms with Gasteiger partial charge in [0.1, 0.15) is 16.7 Å². The second-order valence-electron chi connectivity index (χ2n) is 6.68. The Bertz CT molecular complexity index is 1180. The molecule has 2 aromatic heterocycles. The highest BCUT2D eigenvalue weighted by Gasteiger charge is 2.48. The van der Waals surface area contributed by atoms with E-state index in [0.29, 0.717) is 16.1 Å². The first-order valence-corrected chi connectivity index (χ1v) is 11.2. The first-order valence-electron chi connectivity index (χ1n) is 9.48. The number of ketones is 1. The molecule has 1 N–H and O–H groups in total. The first-order chi connectivity index (χ1) is 14.9. The quantitative estimate of drug-likeness (QED) is 0.267. The van der Waals surface area contributed by atoms with Gasteiger partial charge in [-0.3, -0.25) is 14.5 Å². The van der Waals surface area contributed by atoms with E-state index in [1.807, 2.05) is 5.38 Å². The Morgan fingerprint density at radius 3 is 2.58 bits per heavy atom. The SMILES string of the molecule is CCOC(=O)c1sc(N2C(=O)C(=O)/C(=C(/O)c3ccccc3)C2c2cccs2)nc1C. The lowest BCUT2D eigenvalue weighted by molar-refractivity contribution is -0.132. The van der Waals surface area contributed by atoms with E-state index in [9.17, 15) is 19.5 Å². The number of esters is 1. The molecule has 7 nitrogen and oxygen atoms in total. The molecule has 1 fully saturated rings. The van der Waals surface area contributed by atoms with Gasteiger partial charge in [0.15, 0.2) is 5.13 Å². The molecule has 1 atom stereocenters. The second kappa shape index (κ2) is 8.44. The van der Waals surface area contributed by atoms with Gasteiger partial charge in [0.2, 0.25) is 0 Å². The third-order valence-electron chi connectivity index (χ3n) is 4.76. The Morgan fingerprint density at radius 2 is 1.94 bits per heavy atom. The number of nitrogens with zero attached hydrogens (tertiary/aromatic N) is 2. The number of rotatable bonds is 5. The van der Waals surface area contributed by atoms with Gasteiger partial charge in [-0.2, -0.15) is 0 Å². The van der Waals surface area contributed by atoms with E-state index in [1.165, 1.54) is 16.2 Å². The van der Waals surface area contributed by atoms with Gasteiger partial charge in [-0.15, -0.1) is 11.3 Å². The zero-order valence-corrected chi connectivity index (χ0v) is 18.3. The van der Waals surface area contributed by atoms with Crippen LogP contribution >= 0.6 is 22.7 Å². The van der Waals surface area contributed by atoms with E-state index >= 15 is 0 Å². The maximum atomic E-state index is 13.1. The minimum atomic E-state index is -0.846. The third-order valence-corrected chi connectivity index (χ3v) is 6.82. The van der Waals surface area contributed by atoms with E-state index in [-0.39, 0.29) is 27.9 Å². The molecule has 3 aromatic rings. The molecule has 0 saturated carbocycles. The maximum Gasteiger partial charge on any atom is 0.350 e. The number of aliphatic hydroxyl groups excluding tert-OH is 1. The van der Waals surface area contributed by atoms with Crippen molar-refractivity contribution in [3.8, 4) is 0 Å². The summed E-state index contributed by atoms with van der Waals surface area (Å²) in [5, 5.41) is 13.0. The zero-order valence-electron chi connectivity index (χ0n) is 16.7. The van der Waals surface area contributed by atoms with E-state index < -0.39 is 23.7 Å². The molecule has 31 heavy (non-hydrogen) atoms. The van der Waals surface area contributed by atoms with Gasteiger partial charge in [0, 0.05) is 10.4 Å². The van der Waals surface area contributed by atoms with Gasteiger partial charge >= 0.3 is 11.9 Å². The zero-order chi connectivity index (χ0) is 22.1. The Hall–Kier alpha value is -3.30. The van der Waals surface area contributed by atoms with Crippen molar-refractivity contribution in [3.63, 3.8) is 0 Å². The average Bonchev–Trinajstić information content (AvgIpc) is 3.48. The van der Waals surface area contributed by atoms with Crippen molar-refractivity contribution in [2.45, 2.75) is 19.9 Å². The largest absolute Gasteiger partial charge is 0.507 e. The molecule has 1 aliphatic heterocycles. The van der Waals surface area contributed by atoms with Crippen molar-refractivity contribution in [1.29, 1.82) is 0 Å². The number of thiophene rings is 1. The summed E-state index contributed by atoms with van der Waals surface area (Å²) in [4.78, 5) is 44.9. The molecule has 3 heterocycles. The Kier molecular flexibility index (Phi) is 5.71. The standard InChI is InChI=1S/C22H18N2O5S2/c1-3-29-21(28)19-12(2)23-22(31-19)24-16(14-10-7-11-30-14)15(18(26)20(24)27)17(25)13-8-5-4-6-9-13/h4-11,16,25H,3H2,1-2H3/b17-15+. The third kappa shape index (κ3) is 3.66. The summed E-state index contributed by atoms with van der Waals surface area (Å²) in [7, 11) is 0. The number of hydrogen-bond donors (Lipinski definition) is 1. The van der Waals surface area contributed by atoms with E-state index in [1.54, 1.807) is 56.3 Å². The molecule has 158 valence electrons. The predicted octanol–water partition coefficient (Wildman–Crippen LogP) is 4.32. The van der Waals surface area contributed by atoms with Crippen LogP contribution in [0.25, 0.3) is 5.76 Å². The van der Waals surface area contributed by atoms with Crippen LogP contribution in [-0.2, 0) is 14.3 Å². The van der Waals surface area contributed by atoms with Crippen LogP contribution in [-0.4, -0.2) is 34.4 Å². The minimum Gasteiger partial charge on any atom is -0.507 e. The van der Waals surface area contributed by atoms with Crippen LogP contribution in [0.4, 0.5) is 5.13 Å². The van der Waals surface area contributed by atoms with Crippen molar-refractivity contribution < 1.29 is 24.2 Å². The number of Topliss-reactive ketones (excluding diaryl/α,β-unsaturated/α-hetero) is 1. The summed E-state index contributed by atoms with van der Waals surface area (Å²) in [5.74, 6) is -2.39. The topological polar surface area (TPSA) is 96.8 Å². The number of aliphatic hydroxyl groups is 1. The molecule has 1 unspecified atom stereocenters. The number of hydrogen-bond acceptors (Lipinski definition) is 8. The summed E-state index contributed by atoms with van der Waals surface area (Å²) in [6, 6.07) is 11.4. The number of aromatic nitrogens is 1. The smallest absolute Gasteiger partial charge is 0.350 e. The van der Waals surface area contributed by atoms with E-state index in [4.69, 9.17) is 4.74 Å². The normalized spacial score (nSPS) is 17.9. The fourth-order valence-corrected chi connectivity index (χ4v) is 5.18. The van der Waals surface area contributed by atoms with E-state index in [0.717, 1.165) is 11.3 Å². The Morgan fingerprint density at radius 1 is 1.19 bits per heavy atom. The Balaban J connectivity index is 1.87. The molecule has 1 amide bonds. The average molecular weight is 455 g/mol. The van der Waals surface area contributed by atoms with Crippen molar-refractivity contribution in [2.24, 2.45) is 0 Å². The van der Waals surface area contributed by atoms with E-state index in [2.05, 4.69) is 4.98 Å². The fourth-order valence-electron chi connectivity index (χ4n) is 3.37. The van der Waals surface area contributed by atoms with Crippen molar-refractivity contribution in [3.05, 3.63) is 74.4 Å². The lowest BCUT2D eigenvalue weighted by atomic mass is 10.00. The van der Waals surface area contributed by atoms with Crippen molar-refractivity contribution in [2.75, 3.05) is 11.5 Å². The summed E-state index contributed by atoms with van der Waals surface area (Å²) in [6.45, 7) is 3.56. The van der Waals surface area contributed by atoms with Gasteiger partial charge in [0.05, 0.1) is 17.9 Å². The highest BCUT2D eigenvalue weighted by atomic mass is 32.1. The molecule has 0 bridgehead atoms.